The standard InChI is InChI=1S/C14H23N3OS/c1-3-17(4-2)14(18)9-12-11-19-13(15-12)10-16-7-5-6-8-16/h11H,3-10H2,1-2H3. The highest BCUT2D eigenvalue weighted by Gasteiger charge is 2.16. The fraction of sp³-hybridized carbons (Fsp3) is 0.714. The zero-order chi connectivity index (χ0) is 13.7. The summed E-state index contributed by atoms with van der Waals surface area (Å²) >= 11 is 1.68. The molecule has 2 rings (SSSR count). The summed E-state index contributed by atoms with van der Waals surface area (Å²) in [4.78, 5) is 20.9. The van der Waals surface area contributed by atoms with Crippen LogP contribution < -0.4 is 0 Å². The third-order valence-corrected chi connectivity index (χ3v) is 4.49. The van der Waals surface area contributed by atoms with Gasteiger partial charge in [0.1, 0.15) is 5.01 Å². The second-order valence-electron chi connectivity index (χ2n) is 4.96. The normalized spacial score (nSPS) is 15.9. The first-order valence-electron chi connectivity index (χ1n) is 7.16. The summed E-state index contributed by atoms with van der Waals surface area (Å²) in [6, 6.07) is 0. The number of amides is 1. The highest BCUT2D eigenvalue weighted by molar-refractivity contribution is 7.09. The topological polar surface area (TPSA) is 36.4 Å². The summed E-state index contributed by atoms with van der Waals surface area (Å²) < 4.78 is 0. The average Bonchev–Trinajstić information content (AvgIpc) is 3.03. The molecule has 19 heavy (non-hydrogen) atoms. The molecule has 1 saturated heterocycles. The lowest BCUT2D eigenvalue weighted by atomic mass is 10.3. The van der Waals surface area contributed by atoms with Gasteiger partial charge in [0.05, 0.1) is 18.7 Å². The number of aromatic nitrogens is 1. The average molecular weight is 281 g/mol. The van der Waals surface area contributed by atoms with Crippen LogP contribution in [0.2, 0.25) is 0 Å². The van der Waals surface area contributed by atoms with Crippen LogP contribution >= 0.6 is 11.3 Å². The third-order valence-electron chi connectivity index (χ3n) is 3.61. The van der Waals surface area contributed by atoms with Crippen molar-refractivity contribution in [2.45, 2.75) is 39.7 Å². The number of hydrogen-bond acceptors (Lipinski definition) is 4. The molecule has 1 aromatic heterocycles. The summed E-state index contributed by atoms with van der Waals surface area (Å²) in [6.07, 6.45) is 3.05. The highest BCUT2D eigenvalue weighted by Crippen LogP contribution is 2.16. The Hall–Kier alpha value is -0.940. The molecule has 0 bridgehead atoms. The Morgan fingerprint density at radius 3 is 2.68 bits per heavy atom. The molecule has 4 nitrogen and oxygen atoms in total. The van der Waals surface area contributed by atoms with E-state index in [2.05, 4.69) is 9.88 Å². The van der Waals surface area contributed by atoms with Gasteiger partial charge in [0.25, 0.3) is 0 Å². The SMILES string of the molecule is CCN(CC)C(=O)Cc1csc(CN2CCCC2)n1. The smallest absolute Gasteiger partial charge is 0.228 e. The molecular weight excluding hydrogens is 258 g/mol. The van der Waals surface area contributed by atoms with Gasteiger partial charge in [-0.15, -0.1) is 11.3 Å². The molecule has 1 amide bonds. The number of carbonyl (C=O) groups excluding carboxylic acids is 1. The summed E-state index contributed by atoms with van der Waals surface area (Å²) in [6.45, 7) is 8.91. The minimum absolute atomic E-state index is 0.183. The van der Waals surface area contributed by atoms with Crippen LogP contribution in [0.25, 0.3) is 0 Å². The van der Waals surface area contributed by atoms with Crippen LogP contribution in [-0.2, 0) is 17.8 Å². The van der Waals surface area contributed by atoms with E-state index in [-0.39, 0.29) is 5.91 Å². The van der Waals surface area contributed by atoms with E-state index >= 15 is 0 Å². The fourth-order valence-electron chi connectivity index (χ4n) is 2.48. The van der Waals surface area contributed by atoms with Crippen molar-refractivity contribution in [3.05, 3.63) is 16.1 Å². The lowest BCUT2D eigenvalue weighted by molar-refractivity contribution is -0.130. The van der Waals surface area contributed by atoms with E-state index in [0.29, 0.717) is 6.42 Å². The Balaban J connectivity index is 1.87. The van der Waals surface area contributed by atoms with Crippen molar-refractivity contribution in [1.29, 1.82) is 0 Å². The Morgan fingerprint density at radius 1 is 1.37 bits per heavy atom. The predicted octanol–water partition coefficient (Wildman–Crippen LogP) is 2.15. The van der Waals surface area contributed by atoms with Gasteiger partial charge in [-0.3, -0.25) is 9.69 Å². The van der Waals surface area contributed by atoms with Crippen molar-refractivity contribution < 1.29 is 4.79 Å². The van der Waals surface area contributed by atoms with Crippen LogP contribution in [0.3, 0.4) is 0 Å². The van der Waals surface area contributed by atoms with Crippen molar-refractivity contribution in [3.63, 3.8) is 0 Å². The van der Waals surface area contributed by atoms with Crippen molar-refractivity contribution >= 4 is 17.2 Å². The fourth-order valence-corrected chi connectivity index (χ4v) is 3.31. The molecule has 1 aliphatic rings. The molecule has 5 heteroatoms. The molecule has 0 aromatic carbocycles. The Labute approximate surface area is 119 Å². The van der Waals surface area contributed by atoms with Gasteiger partial charge in [0, 0.05) is 18.5 Å². The van der Waals surface area contributed by atoms with Gasteiger partial charge in [-0.2, -0.15) is 0 Å². The summed E-state index contributed by atoms with van der Waals surface area (Å²) in [5, 5.41) is 3.18. The predicted molar refractivity (Wildman–Crippen MR) is 78.3 cm³/mol. The van der Waals surface area contributed by atoms with Crippen LogP contribution in [0.1, 0.15) is 37.4 Å². The molecule has 106 valence electrons. The number of nitrogens with zero attached hydrogens (tertiary/aromatic N) is 3. The maximum absolute atomic E-state index is 12.0. The van der Waals surface area contributed by atoms with Crippen LogP contribution in [0.4, 0.5) is 0 Å². The molecule has 0 unspecified atom stereocenters. The van der Waals surface area contributed by atoms with E-state index < -0.39 is 0 Å². The first-order valence-corrected chi connectivity index (χ1v) is 8.04. The van der Waals surface area contributed by atoms with Gasteiger partial charge in [-0.05, 0) is 39.8 Å². The Bertz CT molecular complexity index is 409. The van der Waals surface area contributed by atoms with Crippen molar-refractivity contribution in [3.8, 4) is 0 Å². The number of likely N-dealkylation sites (N-methyl/N-ethyl adjacent to an activating group) is 1. The Kier molecular flexibility index (Phi) is 5.34. The van der Waals surface area contributed by atoms with E-state index in [1.165, 1.54) is 25.9 Å². The maximum Gasteiger partial charge on any atom is 0.228 e. The van der Waals surface area contributed by atoms with Gasteiger partial charge in [0.15, 0.2) is 0 Å². The van der Waals surface area contributed by atoms with Crippen LogP contribution in [-0.4, -0.2) is 46.9 Å². The largest absolute Gasteiger partial charge is 0.343 e. The number of rotatable bonds is 6. The van der Waals surface area contributed by atoms with E-state index in [9.17, 15) is 4.79 Å². The molecule has 1 aromatic rings. The van der Waals surface area contributed by atoms with Crippen molar-refractivity contribution in [1.82, 2.24) is 14.8 Å². The molecular formula is C14H23N3OS. The monoisotopic (exact) mass is 281 g/mol. The molecule has 1 aliphatic heterocycles. The molecule has 0 saturated carbocycles. The van der Waals surface area contributed by atoms with Crippen LogP contribution in [0.5, 0.6) is 0 Å². The zero-order valence-corrected chi connectivity index (χ0v) is 12.7. The molecule has 0 aliphatic carbocycles. The minimum Gasteiger partial charge on any atom is -0.343 e. The van der Waals surface area contributed by atoms with Gasteiger partial charge in [-0.25, -0.2) is 4.98 Å². The number of thiazole rings is 1. The number of likely N-dealkylation sites (tertiary alicyclic amines) is 1. The Morgan fingerprint density at radius 2 is 2.05 bits per heavy atom. The van der Waals surface area contributed by atoms with Crippen molar-refractivity contribution in [2.75, 3.05) is 26.2 Å². The van der Waals surface area contributed by atoms with Gasteiger partial charge in [-0.1, -0.05) is 0 Å². The van der Waals surface area contributed by atoms with Gasteiger partial charge >= 0.3 is 0 Å². The summed E-state index contributed by atoms with van der Waals surface area (Å²) in [5.74, 6) is 0.183. The number of carbonyl (C=O) groups is 1. The quantitative estimate of drug-likeness (QED) is 0.801. The summed E-state index contributed by atoms with van der Waals surface area (Å²) in [7, 11) is 0. The second-order valence-corrected chi connectivity index (χ2v) is 5.90. The minimum atomic E-state index is 0.183. The second kappa shape index (κ2) is 7.01. The molecule has 0 radical (unpaired) electrons. The van der Waals surface area contributed by atoms with E-state index in [1.54, 1.807) is 11.3 Å². The van der Waals surface area contributed by atoms with E-state index in [4.69, 9.17) is 0 Å². The van der Waals surface area contributed by atoms with Crippen LogP contribution in [0.15, 0.2) is 5.38 Å². The lowest BCUT2D eigenvalue weighted by Gasteiger charge is -2.17. The van der Waals surface area contributed by atoms with Crippen LogP contribution in [0, 0.1) is 0 Å². The zero-order valence-electron chi connectivity index (χ0n) is 11.9. The molecule has 1 fully saturated rings. The number of hydrogen-bond donors (Lipinski definition) is 0. The first kappa shape index (κ1) is 14.5. The third kappa shape index (κ3) is 4.01. The molecule has 0 N–H and O–H groups in total. The molecule has 0 atom stereocenters. The maximum atomic E-state index is 12.0. The van der Waals surface area contributed by atoms with E-state index in [1.807, 2.05) is 24.1 Å². The summed E-state index contributed by atoms with van der Waals surface area (Å²) in [5.41, 5.74) is 0.927. The molecule has 0 spiro atoms. The molecule has 2 heterocycles. The van der Waals surface area contributed by atoms with Gasteiger partial charge < -0.3 is 4.90 Å². The highest BCUT2D eigenvalue weighted by atomic mass is 32.1. The lowest BCUT2D eigenvalue weighted by Crippen LogP contribution is -2.31. The van der Waals surface area contributed by atoms with E-state index in [0.717, 1.165) is 30.3 Å². The van der Waals surface area contributed by atoms with Gasteiger partial charge in [0.2, 0.25) is 5.91 Å². The first-order chi connectivity index (χ1) is 9.22. The van der Waals surface area contributed by atoms with Crippen molar-refractivity contribution in [2.24, 2.45) is 0 Å².